The van der Waals surface area contributed by atoms with Gasteiger partial charge in [0, 0.05) is 0 Å². The second kappa shape index (κ2) is 10.6. The van der Waals surface area contributed by atoms with E-state index in [0.717, 1.165) is 27.1 Å². The van der Waals surface area contributed by atoms with Crippen molar-refractivity contribution in [3.05, 3.63) is 151 Å². The van der Waals surface area contributed by atoms with Gasteiger partial charge in [-0.15, -0.1) is 0 Å². The van der Waals surface area contributed by atoms with E-state index in [0.29, 0.717) is 16.7 Å². The zero-order valence-electron chi connectivity index (χ0n) is 27.8. The molecule has 0 saturated heterocycles. The van der Waals surface area contributed by atoms with Crippen molar-refractivity contribution in [2.24, 2.45) is 4.99 Å². The SMILES string of the molecule is CC1(C)c2ccccc2N(c2ccc3c(c2)C(C)(C)c2[se]c(/C=C4\C(=O)c5cc6ccccc6cc5C4=C=NC=N)cc2-3)c2ccccc21. The second-order valence-corrected chi connectivity index (χ2v) is 16.4. The molecule has 236 valence electrons. The third-order valence-electron chi connectivity index (χ3n) is 10.6. The summed E-state index contributed by atoms with van der Waals surface area (Å²) in [6.07, 6.45) is 3.03. The fourth-order valence-corrected chi connectivity index (χ4v) is 10.8. The number of nitrogens with one attached hydrogen (secondary N) is 1. The van der Waals surface area contributed by atoms with Crippen LogP contribution in [0, 0.1) is 5.41 Å². The molecule has 3 aliphatic rings. The van der Waals surface area contributed by atoms with Gasteiger partial charge in [-0.25, -0.2) is 0 Å². The molecular weight excluding hydrogens is 665 g/mol. The van der Waals surface area contributed by atoms with Crippen molar-refractivity contribution >= 4 is 72.0 Å². The van der Waals surface area contributed by atoms with Crippen LogP contribution < -0.4 is 4.90 Å². The summed E-state index contributed by atoms with van der Waals surface area (Å²) in [7, 11) is 0. The first kappa shape index (κ1) is 29.8. The molecule has 1 aromatic heterocycles. The van der Waals surface area contributed by atoms with Crippen LogP contribution in [-0.2, 0) is 10.8 Å². The molecule has 9 rings (SSSR count). The third-order valence-corrected chi connectivity index (χ3v) is 13.6. The first-order chi connectivity index (χ1) is 23.7. The monoisotopic (exact) mass is 699 g/mol. The molecule has 0 amide bonds. The fraction of sp³-hybridized carbons (Fsp3) is 0.136. The van der Waals surface area contributed by atoms with Gasteiger partial charge in [0.1, 0.15) is 0 Å². The van der Waals surface area contributed by atoms with E-state index in [1.54, 1.807) is 0 Å². The van der Waals surface area contributed by atoms with Gasteiger partial charge in [-0.3, -0.25) is 0 Å². The van der Waals surface area contributed by atoms with Gasteiger partial charge >= 0.3 is 293 Å². The number of para-hydroxylation sites is 2. The van der Waals surface area contributed by atoms with E-state index in [-0.39, 0.29) is 31.1 Å². The number of anilines is 3. The van der Waals surface area contributed by atoms with Crippen LogP contribution in [0.4, 0.5) is 17.1 Å². The molecule has 0 atom stereocenters. The number of aliphatic imine (C=N–C) groups is 1. The molecule has 6 aromatic rings. The van der Waals surface area contributed by atoms with Gasteiger partial charge in [0.2, 0.25) is 0 Å². The molecular formula is C44H33N3OSe. The summed E-state index contributed by atoms with van der Waals surface area (Å²) in [5.74, 6) is 3.00. The average Bonchev–Trinajstić information content (AvgIpc) is 3.71. The van der Waals surface area contributed by atoms with E-state index in [1.807, 2.05) is 24.3 Å². The maximum absolute atomic E-state index is 13.9. The molecule has 0 fully saturated rings. The quantitative estimate of drug-likeness (QED) is 0.0866. The zero-order valence-corrected chi connectivity index (χ0v) is 29.5. The molecule has 2 heterocycles. The van der Waals surface area contributed by atoms with Crippen LogP contribution in [0.1, 0.15) is 69.2 Å². The molecule has 2 aliphatic carbocycles. The van der Waals surface area contributed by atoms with Crippen LogP contribution in [0.3, 0.4) is 0 Å². The Kier molecular flexibility index (Phi) is 6.44. The summed E-state index contributed by atoms with van der Waals surface area (Å²) in [6.45, 7) is 9.33. The maximum atomic E-state index is 13.9. The summed E-state index contributed by atoms with van der Waals surface area (Å²) >= 11 is 0.0307. The Labute approximate surface area is 292 Å². The Balaban J connectivity index is 1.15. The number of carbonyl (C=O) groups excluding carboxylic acids is 1. The van der Waals surface area contributed by atoms with Crippen molar-refractivity contribution in [1.29, 1.82) is 5.41 Å². The van der Waals surface area contributed by atoms with Gasteiger partial charge in [-0.1, -0.05) is 0 Å². The van der Waals surface area contributed by atoms with Gasteiger partial charge < -0.3 is 0 Å². The number of Topliss-reactive ketones (excluding diaryl/α,β-unsaturated/α-hetero) is 1. The number of hydrogen-bond donors (Lipinski definition) is 1. The van der Waals surface area contributed by atoms with Crippen LogP contribution in [0.15, 0.2) is 120 Å². The standard InChI is InChI=1S/C44H33N3OSe/c1-43(2)36-13-7-9-15-39(36)47(40-16-10-8-14-37(40)43)28-17-18-30-34-23-29(49-42(34)44(3,4)38(30)21-28)22-33-35(24-46-25-45)31-19-26-11-5-6-12-27(26)20-32(31)41(33)48/h5-23,25,45H,1-4H3/b33-22-,45-25?. The molecule has 0 saturated carbocycles. The Morgan fingerprint density at radius 1 is 0.694 bits per heavy atom. The van der Waals surface area contributed by atoms with Crippen molar-refractivity contribution in [3.8, 4) is 11.1 Å². The third kappa shape index (κ3) is 4.27. The van der Waals surface area contributed by atoms with E-state index in [4.69, 9.17) is 5.41 Å². The summed E-state index contributed by atoms with van der Waals surface area (Å²) in [4.78, 5) is 20.4. The number of benzene rings is 5. The molecule has 49 heavy (non-hydrogen) atoms. The number of carbonyl (C=O) groups is 1. The molecule has 4 nitrogen and oxygen atoms in total. The number of rotatable bonds is 3. The molecule has 0 spiro atoms. The van der Waals surface area contributed by atoms with Gasteiger partial charge in [-0.05, 0) is 0 Å². The van der Waals surface area contributed by atoms with Crippen LogP contribution in [0.25, 0.3) is 33.5 Å². The zero-order chi connectivity index (χ0) is 33.7. The predicted octanol–water partition coefficient (Wildman–Crippen LogP) is 10.3. The van der Waals surface area contributed by atoms with E-state index >= 15 is 0 Å². The van der Waals surface area contributed by atoms with Crippen LogP contribution in [0.2, 0.25) is 0 Å². The molecule has 5 aromatic carbocycles. The molecule has 1 N–H and O–H groups in total. The molecule has 0 radical (unpaired) electrons. The number of allylic oxidation sites excluding steroid dienone is 2. The summed E-state index contributed by atoms with van der Waals surface area (Å²) in [5, 5.41) is 9.59. The van der Waals surface area contributed by atoms with Crippen LogP contribution in [-0.4, -0.2) is 32.5 Å². The van der Waals surface area contributed by atoms with Crippen molar-refractivity contribution in [1.82, 2.24) is 0 Å². The number of fused-ring (bicyclic) bond motifs is 7. The topological polar surface area (TPSA) is 56.5 Å². The Morgan fingerprint density at radius 3 is 2.00 bits per heavy atom. The van der Waals surface area contributed by atoms with Crippen LogP contribution in [0.5, 0.6) is 0 Å². The van der Waals surface area contributed by atoms with Crippen molar-refractivity contribution in [2.75, 3.05) is 4.90 Å². The first-order valence-electron chi connectivity index (χ1n) is 16.6. The van der Waals surface area contributed by atoms with Gasteiger partial charge in [-0.2, -0.15) is 0 Å². The van der Waals surface area contributed by atoms with Gasteiger partial charge in [0.15, 0.2) is 0 Å². The Bertz CT molecular complexity index is 2490. The van der Waals surface area contributed by atoms with E-state index < -0.39 is 0 Å². The van der Waals surface area contributed by atoms with E-state index in [9.17, 15) is 4.79 Å². The van der Waals surface area contributed by atoms with Crippen LogP contribution >= 0.6 is 0 Å². The average molecular weight is 699 g/mol. The minimum absolute atomic E-state index is 0.0123. The number of nitrogens with zero attached hydrogens (tertiary/aromatic N) is 2. The molecule has 5 heteroatoms. The van der Waals surface area contributed by atoms with Gasteiger partial charge in [0.25, 0.3) is 0 Å². The Hall–Kier alpha value is -5.31. The molecule has 0 bridgehead atoms. The summed E-state index contributed by atoms with van der Waals surface area (Å²) < 4.78 is 2.60. The normalized spacial score (nSPS) is 16.9. The minimum atomic E-state index is -0.161. The number of hydrogen-bond acceptors (Lipinski definition) is 3. The van der Waals surface area contributed by atoms with E-state index in [2.05, 4.69) is 134 Å². The van der Waals surface area contributed by atoms with Gasteiger partial charge in [0.05, 0.1) is 0 Å². The van der Waals surface area contributed by atoms with Crippen molar-refractivity contribution in [3.63, 3.8) is 0 Å². The second-order valence-electron chi connectivity index (χ2n) is 14.1. The van der Waals surface area contributed by atoms with E-state index in [1.165, 1.54) is 49.3 Å². The Morgan fingerprint density at radius 2 is 1.33 bits per heavy atom. The molecule has 1 aliphatic heterocycles. The van der Waals surface area contributed by atoms with Crippen molar-refractivity contribution in [2.45, 2.75) is 38.5 Å². The molecule has 0 unspecified atom stereocenters. The fourth-order valence-electron chi connectivity index (χ4n) is 8.17. The predicted molar refractivity (Wildman–Crippen MR) is 204 cm³/mol. The van der Waals surface area contributed by atoms with Crippen molar-refractivity contribution < 1.29 is 4.79 Å². The summed E-state index contributed by atoms with van der Waals surface area (Å²) in [6, 6.07) is 39.0. The first-order valence-corrected chi connectivity index (χ1v) is 18.3. The number of ketones is 1. The summed E-state index contributed by atoms with van der Waals surface area (Å²) in [5.41, 5.74) is 12.7.